The van der Waals surface area contributed by atoms with Crippen LogP contribution in [0.2, 0.25) is 0 Å². The maximum Gasteiger partial charge on any atom is 0.0816 e. The summed E-state index contributed by atoms with van der Waals surface area (Å²) in [5.41, 5.74) is 0.0408. The molecule has 1 rings (SSSR count). The van der Waals surface area contributed by atoms with Crippen molar-refractivity contribution in [2.75, 3.05) is 30.9 Å². The van der Waals surface area contributed by atoms with E-state index in [1.54, 1.807) is 0 Å². The van der Waals surface area contributed by atoms with E-state index in [4.69, 9.17) is 14.2 Å². The Kier molecular flexibility index (Phi) is 6.42. The Morgan fingerprint density at radius 1 is 1.27 bits per heavy atom. The fourth-order valence-electron chi connectivity index (χ4n) is 1.60. The van der Waals surface area contributed by atoms with Crippen molar-refractivity contribution >= 4 is 22.6 Å². The lowest BCUT2D eigenvalue weighted by atomic mass is 9.97. The highest BCUT2D eigenvalue weighted by molar-refractivity contribution is 14.1. The molecule has 1 saturated heterocycles. The van der Waals surface area contributed by atoms with Gasteiger partial charge in [0.25, 0.3) is 0 Å². The summed E-state index contributed by atoms with van der Waals surface area (Å²) >= 11 is 2.40. The van der Waals surface area contributed by atoms with Crippen LogP contribution in [0.25, 0.3) is 0 Å². The van der Waals surface area contributed by atoms with Crippen LogP contribution in [0.3, 0.4) is 0 Å². The molecule has 4 heteroatoms. The highest BCUT2D eigenvalue weighted by Crippen LogP contribution is 2.27. The van der Waals surface area contributed by atoms with E-state index in [0.29, 0.717) is 19.3 Å². The highest BCUT2D eigenvalue weighted by atomic mass is 127. The second-order valence-electron chi connectivity index (χ2n) is 4.20. The van der Waals surface area contributed by atoms with Gasteiger partial charge in [-0.25, -0.2) is 0 Å². The number of rotatable bonds is 6. The maximum absolute atomic E-state index is 5.96. The predicted octanol–water partition coefficient (Wildman–Crippen LogP) is 2.41. The normalized spacial score (nSPS) is 20.8. The molecule has 0 N–H and O–H groups in total. The van der Waals surface area contributed by atoms with Gasteiger partial charge < -0.3 is 14.2 Å². The van der Waals surface area contributed by atoms with Gasteiger partial charge in [-0.1, -0.05) is 22.6 Å². The second-order valence-corrected chi connectivity index (χ2v) is 4.96. The summed E-state index contributed by atoms with van der Waals surface area (Å²) < 4.78 is 17.8. The molecular formula is C11H21IO3. The Labute approximate surface area is 106 Å². The van der Waals surface area contributed by atoms with Gasteiger partial charge in [-0.05, 0) is 13.8 Å². The summed E-state index contributed by atoms with van der Waals surface area (Å²) in [7, 11) is 0. The quantitative estimate of drug-likeness (QED) is 0.426. The SMILES string of the molecule is CC(C)OCCOC1(CI)CCOCC1. The van der Waals surface area contributed by atoms with Crippen molar-refractivity contribution in [3.63, 3.8) is 0 Å². The summed E-state index contributed by atoms with van der Waals surface area (Å²) in [5.74, 6) is 0. The molecule has 90 valence electrons. The van der Waals surface area contributed by atoms with Crippen LogP contribution in [0.15, 0.2) is 0 Å². The zero-order valence-corrected chi connectivity index (χ0v) is 11.8. The van der Waals surface area contributed by atoms with Crippen molar-refractivity contribution in [3.05, 3.63) is 0 Å². The lowest BCUT2D eigenvalue weighted by Gasteiger charge is -2.35. The zero-order chi connectivity index (χ0) is 11.1. The predicted molar refractivity (Wildman–Crippen MR) is 68.7 cm³/mol. The first-order chi connectivity index (χ1) is 7.18. The van der Waals surface area contributed by atoms with Crippen LogP contribution in [0.4, 0.5) is 0 Å². The number of alkyl halides is 1. The molecule has 0 saturated carbocycles. The Morgan fingerprint density at radius 3 is 2.47 bits per heavy atom. The van der Waals surface area contributed by atoms with E-state index >= 15 is 0 Å². The molecule has 15 heavy (non-hydrogen) atoms. The third-order valence-corrected chi connectivity index (χ3v) is 3.98. The van der Waals surface area contributed by atoms with Crippen LogP contribution < -0.4 is 0 Å². The van der Waals surface area contributed by atoms with E-state index in [0.717, 1.165) is 30.5 Å². The standard InChI is InChI=1S/C11H21IO3/c1-10(2)14-7-8-15-11(9-12)3-5-13-6-4-11/h10H,3-9H2,1-2H3. The Morgan fingerprint density at radius 2 is 1.93 bits per heavy atom. The molecular weight excluding hydrogens is 307 g/mol. The van der Waals surface area contributed by atoms with Crippen molar-refractivity contribution in [2.45, 2.75) is 38.4 Å². The zero-order valence-electron chi connectivity index (χ0n) is 9.63. The minimum absolute atomic E-state index is 0.0408. The minimum atomic E-state index is 0.0408. The molecule has 0 spiro atoms. The molecule has 1 aliphatic heterocycles. The van der Waals surface area contributed by atoms with Crippen molar-refractivity contribution in [1.29, 1.82) is 0 Å². The van der Waals surface area contributed by atoms with E-state index < -0.39 is 0 Å². The van der Waals surface area contributed by atoms with E-state index in [-0.39, 0.29) is 5.60 Å². The van der Waals surface area contributed by atoms with Crippen molar-refractivity contribution in [2.24, 2.45) is 0 Å². The lowest BCUT2D eigenvalue weighted by molar-refractivity contribution is -0.110. The van der Waals surface area contributed by atoms with Crippen molar-refractivity contribution in [3.8, 4) is 0 Å². The molecule has 0 atom stereocenters. The Balaban J connectivity index is 2.20. The molecule has 0 bridgehead atoms. The fraction of sp³-hybridized carbons (Fsp3) is 1.00. The molecule has 1 heterocycles. The number of halogens is 1. The third-order valence-electron chi connectivity index (χ3n) is 2.59. The van der Waals surface area contributed by atoms with Gasteiger partial charge in [0.2, 0.25) is 0 Å². The molecule has 1 aliphatic rings. The Bertz CT molecular complexity index is 167. The molecule has 0 radical (unpaired) electrons. The van der Waals surface area contributed by atoms with E-state index in [2.05, 4.69) is 22.6 Å². The monoisotopic (exact) mass is 328 g/mol. The van der Waals surface area contributed by atoms with Gasteiger partial charge in [0.1, 0.15) is 0 Å². The van der Waals surface area contributed by atoms with Crippen LogP contribution in [-0.2, 0) is 14.2 Å². The van der Waals surface area contributed by atoms with Crippen molar-refractivity contribution in [1.82, 2.24) is 0 Å². The molecule has 0 aromatic heterocycles. The summed E-state index contributed by atoms with van der Waals surface area (Å²) in [6.07, 6.45) is 2.31. The second kappa shape index (κ2) is 7.04. The Hall–Kier alpha value is 0.610. The van der Waals surface area contributed by atoms with Gasteiger partial charge in [0, 0.05) is 30.5 Å². The first-order valence-corrected chi connectivity index (χ1v) is 7.10. The minimum Gasteiger partial charge on any atom is -0.381 e. The molecule has 0 aliphatic carbocycles. The van der Waals surface area contributed by atoms with Gasteiger partial charge in [-0.15, -0.1) is 0 Å². The van der Waals surface area contributed by atoms with Gasteiger partial charge in [-0.3, -0.25) is 0 Å². The summed E-state index contributed by atoms with van der Waals surface area (Å²) in [6.45, 7) is 7.13. The van der Waals surface area contributed by atoms with Gasteiger partial charge >= 0.3 is 0 Å². The third kappa shape index (κ3) is 4.97. The lowest BCUT2D eigenvalue weighted by Crippen LogP contribution is -2.41. The average molecular weight is 328 g/mol. The van der Waals surface area contributed by atoms with Crippen LogP contribution in [0.5, 0.6) is 0 Å². The molecule has 0 aromatic rings. The maximum atomic E-state index is 5.96. The van der Waals surface area contributed by atoms with Gasteiger partial charge in [-0.2, -0.15) is 0 Å². The number of hydrogen-bond donors (Lipinski definition) is 0. The molecule has 0 aromatic carbocycles. The smallest absolute Gasteiger partial charge is 0.0816 e. The van der Waals surface area contributed by atoms with Crippen LogP contribution >= 0.6 is 22.6 Å². The van der Waals surface area contributed by atoms with Crippen LogP contribution in [-0.4, -0.2) is 42.6 Å². The van der Waals surface area contributed by atoms with Gasteiger partial charge in [0.05, 0.1) is 24.9 Å². The van der Waals surface area contributed by atoms with E-state index in [1.807, 2.05) is 13.8 Å². The molecule has 0 amide bonds. The average Bonchev–Trinajstić information content (AvgIpc) is 2.26. The summed E-state index contributed by atoms with van der Waals surface area (Å²) in [6, 6.07) is 0. The first-order valence-electron chi connectivity index (χ1n) is 5.58. The molecule has 1 fully saturated rings. The number of ether oxygens (including phenoxy) is 3. The number of hydrogen-bond acceptors (Lipinski definition) is 3. The van der Waals surface area contributed by atoms with E-state index in [1.165, 1.54) is 0 Å². The first kappa shape index (κ1) is 13.7. The van der Waals surface area contributed by atoms with Crippen LogP contribution in [0.1, 0.15) is 26.7 Å². The summed E-state index contributed by atoms with van der Waals surface area (Å²) in [5, 5.41) is 0. The summed E-state index contributed by atoms with van der Waals surface area (Å²) in [4.78, 5) is 0. The van der Waals surface area contributed by atoms with Crippen molar-refractivity contribution < 1.29 is 14.2 Å². The topological polar surface area (TPSA) is 27.7 Å². The van der Waals surface area contributed by atoms with Crippen LogP contribution in [0, 0.1) is 0 Å². The fourth-order valence-corrected chi connectivity index (χ4v) is 2.58. The van der Waals surface area contributed by atoms with E-state index in [9.17, 15) is 0 Å². The highest BCUT2D eigenvalue weighted by Gasteiger charge is 2.32. The molecule has 3 nitrogen and oxygen atoms in total. The largest absolute Gasteiger partial charge is 0.381 e. The van der Waals surface area contributed by atoms with Gasteiger partial charge in [0.15, 0.2) is 0 Å². The molecule has 0 unspecified atom stereocenters.